The van der Waals surface area contributed by atoms with Crippen LogP contribution in [0.1, 0.15) is 0 Å². The number of nitro benzene ring substituents is 1. The molecule has 1 amide bonds. The molecule has 1 N–H and O–H groups in total. The molecular formula is C19H16N2O5. The van der Waals surface area contributed by atoms with Crippen molar-refractivity contribution in [3.63, 3.8) is 0 Å². The molecule has 3 aromatic rings. The Morgan fingerprint density at radius 2 is 1.85 bits per heavy atom. The zero-order valence-electron chi connectivity index (χ0n) is 14.0. The summed E-state index contributed by atoms with van der Waals surface area (Å²) in [5.74, 6) is 0.276. The summed E-state index contributed by atoms with van der Waals surface area (Å²) >= 11 is 0. The molecule has 26 heavy (non-hydrogen) atoms. The van der Waals surface area contributed by atoms with E-state index in [1.54, 1.807) is 6.07 Å². The van der Waals surface area contributed by atoms with Gasteiger partial charge in [0.05, 0.1) is 12.0 Å². The van der Waals surface area contributed by atoms with Crippen LogP contribution in [0, 0.1) is 10.1 Å². The SMILES string of the molecule is COc1ccc(NC(=O)COc2ccc3ccccc3c2)cc1[N+](=O)[O-]. The first-order chi connectivity index (χ1) is 12.6. The fraction of sp³-hybridized carbons (Fsp3) is 0.105. The minimum atomic E-state index is -0.569. The third-order valence-corrected chi connectivity index (χ3v) is 3.75. The number of hydrogen-bond donors (Lipinski definition) is 1. The van der Waals surface area contributed by atoms with E-state index in [1.165, 1.54) is 25.3 Å². The van der Waals surface area contributed by atoms with Gasteiger partial charge in [0.25, 0.3) is 5.91 Å². The van der Waals surface area contributed by atoms with E-state index in [9.17, 15) is 14.9 Å². The Hall–Kier alpha value is -3.61. The quantitative estimate of drug-likeness (QED) is 0.538. The number of nitrogens with one attached hydrogen (secondary N) is 1. The van der Waals surface area contributed by atoms with E-state index < -0.39 is 10.8 Å². The van der Waals surface area contributed by atoms with Crippen molar-refractivity contribution in [1.82, 2.24) is 0 Å². The number of ether oxygens (including phenoxy) is 2. The highest BCUT2D eigenvalue weighted by molar-refractivity contribution is 5.92. The van der Waals surface area contributed by atoms with Crippen LogP contribution < -0.4 is 14.8 Å². The van der Waals surface area contributed by atoms with Gasteiger partial charge in [-0.15, -0.1) is 0 Å². The summed E-state index contributed by atoms with van der Waals surface area (Å²) in [5.41, 5.74) is 0.0744. The second-order valence-electron chi connectivity index (χ2n) is 5.49. The highest BCUT2D eigenvalue weighted by atomic mass is 16.6. The van der Waals surface area contributed by atoms with E-state index in [2.05, 4.69) is 5.32 Å². The number of carbonyl (C=O) groups is 1. The normalized spacial score (nSPS) is 10.3. The van der Waals surface area contributed by atoms with Gasteiger partial charge >= 0.3 is 5.69 Å². The van der Waals surface area contributed by atoms with Gasteiger partial charge in [-0.25, -0.2) is 0 Å². The van der Waals surface area contributed by atoms with Gasteiger partial charge in [-0.3, -0.25) is 14.9 Å². The topological polar surface area (TPSA) is 90.7 Å². The zero-order valence-corrected chi connectivity index (χ0v) is 14.0. The highest BCUT2D eigenvalue weighted by Gasteiger charge is 2.16. The lowest BCUT2D eigenvalue weighted by molar-refractivity contribution is -0.385. The Labute approximate surface area is 149 Å². The van der Waals surface area contributed by atoms with Crippen molar-refractivity contribution in [2.75, 3.05) is 19.0 Å². The van der Waals surface area contributed by atoms with E-state index in [0.717, 1.165) is 10.8 Å². The first-order valence-electron chi connectivity index (χ1n) is 7.81. The molecule has 0 spiro atoms. The highest BCUT2D eigenvalue weighted by Crippen LogP contribution is 2.29. The molecule has 0 radical (unpaired) electrons. The number of rotatable bonds is 6. The van der Waals surface area contributed by atoms with Gasteiger partial charge in [-0.2, -0.15) is 0 Å². The van der Waals surface area contributed by atoms with Crippen LogP contribution in [0.4, 0.5) is 11.4 Å². The second-order valence-corrected chi connectivity index (χ2v) is 5.49. The third kappa shape index (κ3) is 3.89. The molecule has 0 saturated carbocycles. The molecule has 0 aromatic heterocycles. The molecular weight excluding hydrogens is 336 g/mol. The van der Waals surface area contributed by atoms with Gasteiger partial charge in [0.15, 0.2) is 12.4 Å². The summed E-state index contributed by atoms with van der Waals surface area (Å²) in [6.45, 7) is -0.210. The Bertz CT molecular complexity index is 971. The maximum atomic E-state index is 12.0. The van der Waals surface area contributed by atoms with Crippen LogP contribution in [0.15, 0.2) is 60.7 Å². The fourth-order valence-corrected chi connectivity index (χ4v) is 2.51. The minimum Gasteiger partial charge on any atom is -0.490 e. The predicted octanol–water partition coefficient (Wildman–Crippen LogP) is 3.77. The summed E-state index contributed by atoms with van der Waals surface area (Å²) < 4.78 is 10.4. The average Bonchev–Trinajstić information content (AvgIpc) is 2.66. The zero-order chi connectivity index (χ0) is 18.5. The first-order valence-corrected chi connectivity index (χ1v) is 7.81. The minimum absolute atomic E-state index is 0.125. The van der Waals surface area contributed by atoms with E-state index in [4.69, 9.17) is 9.47 Å². The van der Waals surface area contributed by atoms with E-state index in [0.29, 0.717) is 11.4 Å². The maximum Gasteiger partial charge on any atom is 0.312 e. The number of anilines is 1. The van der Waals surface area contributed by atoms with Crippen LogP contribution >= 0.6 is 0 Å². The molecule has 7 heteroatoms. The number of amides is 1. The summed E-state index contributed by atoms with van der Waals surface area (Å²) in [7, 11) is 1.35. The van der Waals surface area contributed by atoms with Gasteiger partial charge < -0.3 is 14.8 Å². The first kappa shape index (κ1) is 17.2. The van der Waals surface area contributed by atoms with Gasteiger partial charge in [-0.1, -0.05) is 30.3 Å². The van der Waals surface area contributed by atoms with Crippen LogP contribution in [-0.2, 0) is 4.79 Å². The Morgan fingerprint density at radius 1 is 1.08 bits per heavy atom. The maximum absolute atomic E-state index is 12.0. The lowest BCUT2D eigenvalue weighted by Crippen LogP contribution is -2.20. The molecule has 0 fully saturated rings. The molecule has 7 nitrogen and oxygen atoms in total. The van der Waals surface area contributed by atoms with Crippen molar-refractivity contribution in [2.24, 2.45) is 0 Å². The Kier molecular flexibility index (Phi) is 4.98. The molecule has 132 valence electrons. The van der Waals surface area contributed by atoms with Crippen molar-refractivity contribution < 1.29 is 19.2 Å². The fourth-order valence-electron chi connectivity index (χ4n) is 2.51. The number of nitro groups is 1. The number of nitrogens with zero attached hydrogens (tertiary/aromatic N) is 1. The van der Waals surface area contributed by atoms with Gasteiger partial charge in [-0.05, 0) is 35.0 Å². The smallest absolute Gasteiger partial charge is 0.312 e. The number of benzene rings is 3. The van der Waals surface area contributed by atoms with Gasteiger partial charge in [0.2, 0.25) is 0 Å². The Balaban J connectivity index is 1.65. The van der Waals surface area contributed by atoms with Crippen LogP contribution in [0.2, 0.25) is 0 Å². The number of methoxy groups -OCH3 is 1. The van der Waals surface area contributed by atoms with E-state index in [-0.39, 0.29) is 18.0 Å². The molecule has 0 aliphatic heterocycles. The van der Waals surface area contributed by atoms with Gasteiger partial charge in [0.1, 0.15) is 5.75 Å². The number of fused-ring (bicyclic) bond motifs is 1. The largest absolute Gasteiger partial charge is 0.490 e. The molecule has 0 heterocycles. The van der Waals surface area contributed by atoms with E-state index >= 15 is 0 Å². The van der Waals surface area contributed by atoms with Crippen LogP contribution in [0.3, 0.4) is 0 Å². The second kappa shape index (κ2) is 7.52. The molecule has 0 aliphatic rings. The monoisotopic (exact) mass is 352 g/mol. The molecule has 3 aromatic carbocycles. The van der Waals surface area contributed by atoms with Crippen LogP contribution in [0.25, 0.3) is 10.8 Å². The van der Waals surface area contributed by atoms with Crippen molar-refractivity contribution in [2.45, 2.75) is 0 Å². The molecule has 0 saturated heterocycles. The van der Waals surface area contributed by atoms with Crippen LogP contribution in [0.5, 0.6) is 11.5 Å². The Morgan fingerprint density at radius 3 is 2.58 bits per heavy atom. The van der Waals surface area contributed by atoms with Crippen molar-refractivity contribution in [3.05, 3.63) is 70.8 Å². The molecule has 0 atom stereocenters. The number of hydrogen-bond acceptors (Lipinski definition) is 5. The molecule has 3 rings (SSSR count). The summed E-state index contributed by atoms with van der Waals surface area (Å²) in [6.07, 6.45) is 0. The predicted molar refractivity (Wildman–Crippen MR) is 97.7 cm³/mol. The van der Waals surface area contributed by atoms with E-state index in [1.807, 2.05) is 36.4 Å². The standard InChI is InChI=1S/C19H16N2O5/c1-25-18-9-7-15(11-17(18)21(23)24)20-19(22)12-26-16-8-6-13-4-2-3-5-14(13)10-16/h2-11H,12H2,1H3,(H,20,22). The average molecular weight is 352 g/mol. The van der Waals surface area contributed by atoms with Gasteiger partial charge in [0, 0.05) is 11.8 Å². The molecule has 0 bridgehead atoms. The third-order valence-electron chi connectivity index (χ3n) is 3.75. The van der Waals surface area contributed by atoms with Crippen molar-refractivity contribution in [1.29, 1.82) is 0 Å². The lowest BCUT2D eigenvalue weighted by atomic mass is 10.1. The summed E-state index contributed by atoms with van der Waals surface area (Å²) in [6, 6.07) is 17.6. The van der Waals surface area contributed by atoms with Crippen LogP contribution in [-0.4, -0.2) is 24.5 Å². The lowest BCUT2D eigenvalue weighted by Gasteiger charge is -2.09. The van der Waals surface area contributed by atoms with Crippen molar-refractivity contribution in [3.8, 4) is 11.5 Å². The summed E-state index contributed by atoms with van der Waals surface area (Å²) in [4.78, 5) is 22.5. The molecule has 0 unspecified atom stereocenters. The summed E-state index contributed by atoms with van der Waals surface area (Å²) in [5, 5.41) is 15.7. The van der Waals surface area contributed by atoms with Crippen molar-refractivity contribution >= 4 is 28.1 Å². The molecule has 0 aliphatic carbocycles. The number of carbonyl (C=O) groups excluding carboxylic acids is 1.